The number of sulfone groups is 1. The van der Waals surface area contributed by atoms with Crippen LogP contribution in [0.4, 0.5) is 6.01 Å². The van der Waals surface area contributed by atoms with Gasteiger partial charge >= 0.3 is 6.01 Å². The van der Waals surface area contributed by atoms with E-state index in [4.69, 9.17) is 9.15 Å². The van der Waals surface area contributed by atoms with E-state index in [0.717, 1.165) is 0 Å². The molecule has 3 rings (SSSR count). The summed E-state index contributed by atoms with van der Waals surface area (Å²) in [6, 6.07) is 14.3. The Labute approximate surface area is 149 Å². The zero-order valence-corrected chi connectivity index (χ0v) is 14.6. The van der Waals surface area contributed by atoms with Gasteiger partial charge in [0.15, 0.2) is 9.84 Å². The number of amides is 1. The summed E-state index contributed by atoms with van der Waals surface area (Å²) in [5, 5.41) is 9.76. The maximum absolute atomic E-state index is 12.3. The number of rotatable bonds is 6. The Morgan fingerprint density at radius 3 is 2.62 bits per heavy atom. The monoisotopic (exact) mass is 373 g/mol. The van der Waals surface area contributed by atoms with E-state index >= 15 is 0 Å². The number of carbonyl (C=O) groups excluding carboxylic acids is 1. The van der Waals surface area contributed by atoms with E-state index in [9.17, 15) is 13.2 Å². The molecule has 0 aliphatic rings. The molecule has 0 saturated heterocycles. The zero-order valence-electron chi connectivity index (χ0n) is 13.7. The van der Waals surface area contributed by atoms with Gasteiger partial charge in [-0.15, -0.1) is 5.10 Å². The van der Waals surface area contributed by atoms with Crippen molar-refractivity contribution in [2.24, 2.45) is 0 Å². The van der Waals surface area contributed by atoms with Gasteiger partial charge in [0.25, 0.3) is 5.91 Å². The number of nitrogens with zero attached hydrogens (tertiary/aromatic N) is 2. The maximum Gasteiger partial charge on any atom is 0.322 e. The van der Waals surface area contributed by atoms with E-state index in [2.05, 4.69) is 15.5 Å². The fourth-order valence-corrected chi connectivity index (χ4v) is 3.35. The van der Waals surface area contributed by atoms with Crippen molar-refractivity contribution >= 4 is 21.8 Å². The number of hydrogen-bond donors (Lipinski definition) is 1. The lowest BCUT2D eigenvalue weighted by Gasteiger charge is -2.03. The molecule has 1 amide bonds. The van der Waals surface area contributed by atoms with Crippen LogP contribution in [-0.4, -0.2) is 31.6 Å². The molecule has 9 heteroatoms. The van der Waals surface area contributed by atoms with Gasteiger partial charge in [-0.25, -0.2) is 8.42 Å². The Morgan fingerprint density at radius 2 is 1.88 bits per heavy atom. The molecule has 0 aliphatic heterocycles. The number of hydrogen-bond acceptors (Lipinski definition) is 7. The van der Waals surface area contributed by atoms with Crippen molar-refractivity contribution in [1.82, 2.24) is 10.2 Å². The Morgan fingerprint density at radius 1 is 1.12 bits per heavy atom. The third-order valence-electron chi connectivity index (χ3n) is 3.44. The van der Waals surface area contributed by atoms with Crippen LogP contribution in [0.15, 0.2) is 63.9 Å². The number of benzene rings is 2. The van der Waals surface area contributed by atoms with Crippen LogP contribution in [0.25, 0.3) is 0 Å². The molecule has 1 aromatic heterocycles. The normalized spacial score (nSPS) is 11.1. The molecule has 2 aromatic carbocycles. The highest BCUT2D eigenvalue weighted by molar-refractivity contribution is 7.90. The van der Waals surface area contributed by atoms with E-state index in [1.54, 1.807) is 42.5 Å². The van der Waals surface area contributed by atoms with Crippen LogP contribution in [0.3, 0.4) is 0 Å². The first-order chi connectivity index (χ1) is 12.5. The minimum absolute atomic E-state index is 0.116. The van der Waals surface area contributed by atoms with Crippen molar-refractivity contribution in [3.8, 4) is 5.75 Å². The minimum Gasteiger partial charge on any atom is -0.497 e. The summed E-state index contributed by atoms with van der Waals surface area (Å²) in [7, 11) is -2.12. The van der Waals surface area contributed by atoms with Gasteiger partial charge in [-0.05, 0) is 30.3 Å². The van der Waals surface area contributed by atoms with Gasteiger partial charge in [0.2, 0.25) is 5.89 Å². The summed E-state index contributed by atoms with van der Waals surface area (Å²) in [6.07, 6.45) is 0. The molecule has 3 aromatic rings. The third kappa shape index (κ3) is 4.06. The van der Waals surface area contributed by atoms with E-state index in [0.29, 0.717) is 11.3 Å². The molecule has 0 spiro atoms. The van der Waals surface area contributed by atoms with Gasteiger partial charge in [0, 0.05) is 5.56 Å². The first-order valence-electron chi connectivity index (χ1n) is 7.53. The molecule has 1 N–H and O–H groups in total. The van der Waals surface area contributed by atoms with Crippen LogP contribution in [0.5, 0.6) is 5.75 Å². The Bertz CT molecular complexity index is 1020. The van der Waals surface area contributed by atoms with Gasteiger partial charge in [-0.2, -0.15) is 0 Å². The molecule has 0 bridgehead atoms. The van der Waals surface area contributed by atoms with E-state index in [1.165, 1.54) is 19.2 Å². The predicted molar refractivity (Wildman–Crippen MR) is 92.6 cm³/mol. The summed E-state index contributed by atoms with van der Waals surface area (Å²) < 4.78 is 34.9. The van der Waals surface area contributed by atoms with Crippen LogP contribution in [0.2, 0.25) is 0 Å². The summed E-state index contributed by atoms with van der Waals surface area (Å²) in [5.74, 6) is -0.531. The minimum atomic E-state index is -3.62. The quantitative estimate of drug-likeness (QED) is 0.705. The molecule has 0 aliphatic carbocycles. The number of methoxy groups -OCH3 is 1. The van der Waals surface area contributed by atoms with Gasteiger partial charge in [-0.3, -0.25) is 10.1 Å². The number of carbonyl (C=O) groups is 1. The molecular weight excluding hydrogens is 358 g/mol. The topological polar surface area (TPSA) is 111 Å². The molecule has 8 nitrogen and oxygen atoms in total. The zero-order chi connectivity index (χ0) is 18.6. The second-order valence-corrected chi connectivity index (χ2v) is 7.25. The van der Waals surface area contributed by atoms with Crippen LogP contribution in [0.1, 0.15) is 16.2 Å². The van der Waals surface area contributed by atoms with Crippen LogP contribution in [0, 0.1) is 0 Å². The summed E-state index contributed by atoms with van der Waals surface area (Å²) >= 11 is 0. The highest BCUT2D eigenvalue weighted by Crippen LogP contribution is 2.18. The van der Waals surface area contributed by atoms with Gasteiger partial charge < -0.3 is 9.15 Å². The SMILES string of the molecule is COc1cccc(C(=O)Nc2nnc(CS(=O)(=O)c3ccccc3)o2)c1. The molecule has 0 fully saturated rings. The lowest BCUT2D eigenvalue weighted by Crippen LogP contribution is -2.12. The summed E-state index contributed by atoms with van der Waals surface area (Å²) in [5.41, 5.74) is 0.334. The fourth-order valence-electron chi connectivity index (χ4n) is 2.17. The largest absolute Gasteiger partial charge is 0.497 e. The molecule has 134 valence electrons. The molecule has 0 saturated carbocycles. The second kappa shape index (κ2) is 7.36. The number of ether oxygens (including phenoxy) is 1. The second-order valence-electron chi connectivity index (χ2n) is 5.26. The average Bonchev–Trinajstić information content (AvgIpc) is 3.08. The van der Waals surface area contributed by atoms with Crippen LogP contribution in [-0.2, 0) is 15.6 Å². The third-order valence-corrected chi connectivity index (χ3v) is 5.05. The van der Waals surface area contributed by atoms with Crippen molar-refractivity contribution in [2.45, 2.75) is 10.6 Å². The molecule has 26 heavy (non-hydrogen) atoms. The molecule has 0 unspecified atom stereocenters. The van der Waals surface area contributed by atoms with Gasteiger partial charge in [0.05, 0.1) is 12.0 Å². The van der Waals surface area contributed by atoms with Crippen molar-refractivity contribution in [3.05, 3.63) is 66.1 Å². The molecule has 0 atom stereocenters. The Balaban J connectivity index is 1.71. The van der Waals surface area contributed by atoms with Crippen molar-refractivity contribution < 1.29 is 22.4 Å². The highest BCUT2D eigenvalue weighted by Gasteiger charge is 2.20. The number of nitrogens with one attached hydrogen (secondary N) is 1. The summed E-state index contributed by atoms with van der Waals surface area (Å²) in [4.78, 5) is 12.3. The Hall–Kier alpha value is -3.20. The van der Waals surface area contributed by atoms with Crippen LogP contribution < -0.4 is 10.1 Å². The highest BCUT2D eigenvalue weighted by atomic mass is 32.2. The van der Waals surface area contributed by atoms with Crippen molar-refractivity contribution in [1.29, 1.82) is 0 Å². The van der Waals surface area contributed by atoms with E-state index < -0.39 is 21.5 Å². The maximum atomic E-state index is 12.3. The van der Waals surface area contributed by atoms with E-state index in [1.807, 2.05) is 0 Å². The first-order valence-corrected chi connectivity index (χ1v) is 9.19. The van der Waals surface area contributed by atoms with Crippen LogP contribution >= 0.6 is 0 Å². The smallest absolute Gasteiger partial charge is 0.322 e. The first kappa shape index (κ1) is 17.6. The number of aromatic nitrogens is 2. The lowest BCUT2D eigenvalue weighted by molar-refractivity contribution is 0.102. The predicted octanol–water partition coefficient (Wildman–Crippen LogP) is 2.30. The molecular formula is C17H15N3O5S. The van der Waals surface area contributed by atoms with Crippen molar-refractivity contribution in [2.75, 3.05) is 12.4 Å². The van der Waals surface area contributed by atoms with Gasteiger partial charge in [-0.1, -0.05) is 29.4 Å². The molecule has 0 radical (unpaired) electrons. The molecule has 1 heterocycles. The van der Waals surface area contributed by atoms with E-state index in [-0.39, 0.29) is 16.8 Å². The lowest BCUT2D eigenvalue weighted by atomic mass is 10.2. The summed E-state index contributed by atoms with van der Waals surface area (Å²) in [6.45, 7) is 0. The van der Waals surface area contributed by atoms with Gasteiger partial charge in [0.1, 0.15) is 11.5 Å². The fraction of sp³-hybridized carbons (Fsp3) is 0.118. The van der Waals surface area contributed by atoms with Crippen molar-refractivity contribution in [3.63, 3.8) is 0 Å². The Kier molecular flexibility index (Phi) is 4.99. The standard InChI is InChI=1S/C17H15N3O5S/c1-24-13-7-5-6-12(10-13)16(21)18-17-20-19-15(25-17)11-26(22,23)14-8-3-2-4-9-14/h2-10H,11H2,1H3,(H,18,20,21). The number of anilines is 1. The average molecular weight is 373 g/mol.